The summed E-state index contributed by atoms with van der Waals surface area (Å²) in [5.74, 6) is -0.774. The molecule has 3 aromatic carbocycles. The number of nitro benzene ring substituents is 1. The SMILES string of the molecule is CC1(C)CCC(CN2CCN(c3ccc(C(=O)NS(=O)(=O)c4ccc(OCC5CCC(C)(O)CC5)c([N+](=O)[O-])c4)c(Oc4cnc(N)c(Cl)c4)c3)CC2)=C(c2ccc(Cl)cc2)C1. The van der Waals surface area contributed by atoms with Gasteiger partial charge in [-0.2, -0.15) is 0 Å². The van der Waals surface area contributed by atoms with Crippen LogP contribution in [-0.2, 0) is 10.0 Å². The summed E-state index contributed by atoms with van der Waals surface area (Å²) >= 11 is 12.5. The first kappa shape index (κ1) is 45.1. The number of ether oxygens (including phenoxy) is 2. The van der Waals surface area contributed by atoms with Gasteiger partial charge in [0.05, 0.1) is 38.8 Å². The highest BCUT2D eigenvalue weighted by Crippen LogP contribution is 2.44. The Morgan fingerprint density at radius 1 is 0.984 bits per heavy atom. The van der Waals surface area contributed by atoms with Crippen molar-refractivity contribution in [2.24, 2.45) is 11.3 Å². The van der Waals surface area contributed by atoms with Gasteiger partial charge in [-0.1, -0.05) is 54.8 Å². The maximum atomic E-state index is 13.8. The zero-order valence-corrected chi connectivity index (χ0v) is 37.4. The molecule has 0 radical (unpaired) electrons. The van der Waals surface area contributed by atoms with Gasteiger partial charge in [-0.05, 0) is 111 Å². The van der Waals surface area contributed by atoms with Gasteiger partial charge in [-0.3, -0.25) is 19.8 Å². The Kier molecular flexibility index (Phi) is 13.4. The van der Waals surface area contributed by atoms with Gasteiger partial charge in [0.15, 0.2) is 5.75 Å². The second-order valence-corrected chi connectivity index (χ2v) is 20.1. The maximum Gasteiger partial charge on any atom is 0.312 e. The number of nitrogen functional groups attached to an aromatic ring is 1. The molecule has 1 amide bonds. The molecule has 3 aliphatic rings. The number of nitro groups is 1. The van der Waals surface area contributed by atoms with Gasteiger partial charge in [-0.15, -0.1) is 0 Å². The highest BCUT2D eigenvalue weighted by molar-refractivity contribution is 7.90. The van der Waals surface area contributed by atoms with Crippen molar-refractivity contribution in [1.29, 1.82) is 0 Å². The van der Waals surface area contributed by atoms with Crippen molar-refractivity contribution in [2.75, 3.05) is 50.0 Å². The molecule has 14 nitrogen and oxygen atoms in total. The van der Waals surface area contributed by atoms with Crippen LogP contribution in [0.1, 0.15) is 81.6 Å². The molecular weight excluding hydrogens is 856 g/mol. The number of piperazine rings is 1. The van der Waals surface area contributed by atoms with Crippen LogP contribution in [0.5, 0.6) is 17.2 Å². The van der Waals surface area contributed by atoms with Crippen molar-refractivity contribution in [2.45, 2.75) is 76.2 Å². The number of aromatic nitrogens is 1. The van der Waals surface area contributed by atoms with Gasteiger partial charge in [0.2, 0.25) is 0 Å². The minimum Gasteiger partial charge on any atom is -0.487 e. The zero-order chi connectivity index (χ0) is 44.4. The first-order chi connectivity index (χ1) is 29.3. The molecule has 0 atom stereocenters. The fourth-order valence-corrected chi connectivity index (χ4v) is 9.60. The summed E-state index contributed by atoms with van der Waals surface area (Å²) in [5, 5.41) is 23.2. The number of benzene rings is 3. The minimum absolute atomic E-state index is 0.0294. The van der Waals surface area contributed by atoms with Gasteiger partial charge in [0.1, 0.15) is 17.3 Å². The molecular formula is C45H52Cl2N6O8S. The molecule has 4 aromatic rings. The average molecular weight is 908 g/mol. The first-order valence-electron chi connectivity index (χ1n) is 20.7. The summed E-state index contributed by atoms with van der Waals surface area (Å²) in [5.41, 5.74) is 9.40. The van der Waals surface area contributed by atoms with E-state index in [0.717, 1.165) is 56.7 Å². The van der Waals surface area contributed by atoms with Gasteiger partial charge in [-0.25, -0.2) is 18.1 Å². The van der Waals surface area contributed by atoms with Crippen molar-refractivity contribution < 1.29 is 32.7 Å². The van der Waals surface area contributed by atoms with Crippen molar-refractivity contribution >= 4 is 61.9 Å². The molecule has 2 aliphatic carbocycles. The fraction of sp³-hybridized carbons (Fsp3) is 0.422. The maximum absolute atomic E-state index is 13.8. The lowest BCUT2D eigenvalue weighted by molar-refractivity contribution is -0.386. The van der Waals surface area contributed by atoms with E-state index in [1.165, 1.54) is 41.1 Å². The number of hydrogen-bond acceptors (Lipinski definition) is 12. The molecule has 0 bridgehead atoms. The van der Waals surface area contributed by atoms with Gasteiger partial charge in [0, 0.05) is 61.6 Å². The van der Waals surface area contributed by atoms with E-state index < -0.39 is 37.0 Å². The number of nitrogens with one attached hydrogen (secondary N) is 1. The lowest BCUT2D eigenvalue weighted by atomic mass is 9.72. The predicted octanol–water partition coefficient (Wildman–Crippen LogP) is 8.90. The number of rotatable bonds is 13. The van der Waals surface area contributed by atoms with Crippen LogP contribution in [0.15, 0.2) is 83.4 Å². The summed E-state index contributed by atoms with van der Waals surface area (Å²) in [6.07, 6.45) is 7.03. The molecule has 2 fully saturated rings. The Hall–Kier alpha value is -4.93. The summed E-state index contributed by atoms with van der Waals surface area (Å²) in [4.78, 5) is 33.4. The van der Waals surface area contributed by atoms with Crippen LogP contribution in [-0.4, -0.2) is 79.2 Å². The number of allylic oxidation sites excluding steroid dienone is 1. The van der Waals surface area contributed by atoms with E-state index >= 15 is 0 Å². The van der Waals surface area contributed by atoms with Crippen LogP contribution in [0.3, 0.4) is 0 Å². The van der Waals surface area contributed by atoms with E-state index in [4.69, 9.17) is 38.4 Å². The lowest BCUT2D eigenvalue weighted by Gasteiger charge is -2.39. The number of anilines is 2. The molecule has 1 saturated carbocycles. The average Bonchev–Trinajstić information content (AvgIpc) is 3.22. The lowest BCUT2D eigenvalue weighted by Crippen LogP contribution is -2.47. The zero-order valence-electron chi connectivity index (χ0n) is 35.0. The second-order valence-electron chi connectivity index (χ2n) is 17.6. The molecule has 62 heavy (non-hydrogen) atoms. The number of halogens is 2. The van der Waals surface area contributed by atoms with E-state index in [1.807, 2.05) is 12.1 Å². The number of nitrogens with two attached hydrogens (primary N) is 1. The highest BCUT2D eigenvalue weighted by Gasteiger charge is 2.32. The van der Waals surface area contributed by atoms with E-state index in [-0.39, 0.29) is 51.6 Å². The van der Waals surface area contributed by atoms with Crippen LogP contribution in [0.2, 0.25) is 10.0 Å². The van der Waals surface area contributed by atoms with Crippen molar-refractivity contribution in [3.8, 4) is 17.2 Å². The Bertz CT molecular complexity index is 2460. The molecule has 4 N–H and O–H groups in total. The number of sulfonamides is 1. The molecule has 2 heterocycles. The second kappa shape index (κ2) is 18.4. The smallest absolute Gasteiger partial charge is 0.312 e. The predicted molar refractivity (Wildman–Crippen MR) is 241 cm³/mol. The van der Waals surface area contributed by atoms with E-state index in [2.05, 4.69) is 45.5 Å². The van der Waals surface area contributed by atoms with Crippen LogP contribution in [0.25, 0.3) is 5.57 Å². The third-order valence-electron chi connectivity index (χ3n) is 12.1. The molecule has 0 unspecified atom stereocenters. The number of hydrogen-bond donors (Lipinski definition) is 3. The normalized spacial score (nSPS) is 20.7. The number of amides is 1. The van der Waals surface area contributed by atoms with E-state index in [1.54, 1.807) is 19.1 Å². The van der Waals surface area contributed by atoms with Crippen molar-refractivity contribution in [3.05, 3.63) is 110 Å². The molecule has 330 valence electrons. The Labute approximate surface area is 372 Å². The van der Waals surface area contributed by atoms with Crippen LogP contribution in [0, 0.1) is 21.4 Å². The summed E-state index contributed by atoms with van der Waals surface area (Å²) in [6, 6.07) is 17.6. The quantitative estimate of drug-likeness (QED) is 0.0855. The standard InChI is InChI=1S/C45H52Cl2N6O8S/c1-44(2)15-14-31(37(25-44)30-4-6-32(46)7-5-30)27-51-18-20-52(21-19-51)33-8-10-36(41(22-33)61-34-23-38(47)42(48)49-26-34)43(54)50-62(58,59)35-9-11-40(39(24-35)53(56)57)60-28-29-12-16-45(3,55)17-13-29/h4-11,22-24,26,29,55H,12-21,25,27-28H2,1-3H3,(H2,48,49)(H,50,54). The Balaban J connectivity index is 1.07. The van der Waals surface area contributed by atoms with E-state index in [9.17, 15) is 28.4 Å². The number of pyridine rings is 1. The number of carbonyl (C=O) groups is 1. The van der Waals surface area contributed by atoms with Crippen molar-refractivity contribution in [3.63, 3.8) is 0 Å². The molecule has 1 aromatic heterocycles. The molecule has 17 heteroatoms. The van der Waals surface area contributed by atoms with Crippen LogP contribution >= 0.6 is 23.2 Å². The van der Waals surface area contributed by atoms with Crippen LogP contribution < -0.4 is 24.8 Å². The fourth-order valence-electron chi connectivity index (χ4n) is 8.33. The number of nitrogens with zero attached hydrogens (tertiary/aromatic N) is 4. The molecule has 1 aliphatic heterocycles. The molecule has 0 spiro atoms. The number of carbonyl (C=O) groups excluding carboxylic acids is 1. The van der Waals surface area contributed by atoms with E-state index in [0.29, 0.717) is 43.8 Å². The summed E-state index contributed by atoms with van der Waals surface area (Å²) in [7, 11) is -4.63. The highest BCUT2D eigenvalue weighted by atomic mass is 35.5. The van der Waals surface area contributed by atoms with Gasteiger partial charge >= 0.3 is 5.69 Å². The molecule has 1 saturated heterocycles. The monoisotopic (exact) mass is 906 g/mol. The van der Waals surface area contributed by atoms with Crippen LogP contribution in [0.4, 0.5) is 17.2 Å². The van der Waals surface area contributed by atoms with Crippen molar-refractivity contribution in [1.82, 2.24) is 14.6 Å². The third kappa shape index (κ3) is 11.0. The van der Waals surface area contributed by atoms with Gasteiger partial charge < -0.3 is 25.2 Å². The first-order valence-corrected chi connectivity index (χ1v) is 23.0. The Morgan fingerprint density at radius 3 is 2.37 bits per heavy atom. The number of aliphatic hydroxyl groups is 1. The largest absolute Gasteiger partial charge is 0.487 e. The summed E-state index contributed by atoms with van der Waals surface area (Å²) in [6.45, 7) is 10.4. The minimum atomic E-state index is -4.63. The Morgan fingerprint density at radius 2 is 1.69 bits per heavy atom. The van der Waals surface area contributed by atoms with Gasteiger partial charge in [0.25, 0.3) is 15.9 Å². The molecule has 7 rings (SSSR count). The third-order valence-corrected chi connectivity index (χ3v) is 14.0. The topological polar surface area (TPSA) is 190 Å². The summed E-state index contributed by atoms with van der Waals surface area (Å²) < 4.78 is 41.2.